The molecule has 2 heterocycles. The summed E-state index contributed by atoms with van der Waals surface area (Å²) in [7, 11) is 1.89. The van der Waals surface area contributed by atoms with E-state index in [9.17, 15) is 9.59 Å². The molecule has 0 fully saturated rings. The van der Waals surface area contributed by atoms with Crippen molar-refractivity contribution in [2.24, 2.45) is 7.05 Å². The van der Waals surface area contributed by atoms with E-state index in [0.29, 0.717) is 17.0 Å². The minimum absolute atomic E-state index is 0.0576. The third-order valence-electron chi connectivity index (χ3n) is 4.40. The van der Waals surface area contributed by atoms with Crippen LogP contribution in [-0.2, 0) is 11.8 Å². The van der Waals surface area contributed by atoms with Gasteiger partial charge in [0.2, 0.25) is 0 Å². The molecule has 0 saturated heterocycles. The van der Waals surface area contributed by atoms with E-state index in [0.717, 1.165) is 11.4 Å². The standard InChI is InChI=1S/C20H18N4O3/c1-24-10-9-21-19(24)18(13-5-3-2-4-6-13)23-20(26)14-7-8-15-16(11-14)27-12-17(25)22-15/h2-11,18H,12H2,1H3,(H,22,25)(H,23,26)/t18-/m1/s1. The number of aryl methyl sites for hydroxylation is 1. The molecular weight excluding hydrogens is 344 g/mol. The Morgan fingerprint density at radius 2 is 2.07 bits per heavy atom. The van der Waals surface area contributed by atoms with Crippen LogP contribution in [-0.4, -0.2) is 28.0 Å². The third-order valence-corrected chi connectivity index (χ3v) is 4.40. The molecule has 7 heteroatoms. The fraction of sp³-hybridized carbons (Fsp3) is 0.150. The molecule has 1 aromatic heterocycles. The first-order valence-corrected chi connectivity index (χ1v) is 8.51. The Morgan fingerprint density at radius 3 is 2.81 bits per heavy atom. The summed E-state index contributed by atoms with van der Waals surface area (Å²) in [4.78, 5) is 28.7. The summed E-state index contributed by atoms with van der Waals surface area (Å²) in [6.45, 7) is -0.0576. The lowest BCUT2D eigenvalue weighted by Gasteiger charge is -2.21. The van der Waals surface area contributed by atoms with Crippen LogP contribution in [0.5, 0.6) is 5.75 Å². The van der Waals surface area contributed by atoms with Crippen molar-refractivity contribution in [2.45, 2.75) is 6.04 Å². The van der Waals surface area contributed by atoms with Crippen molar-refractivity contribution in [2.75, 3.05) is 11.9 Å². The Kier molecular flexibility index (Phi) is 4.33. The Bertz CT molecular complexity index is 997. The molecule has 2 aromatic carbocycles. The summed E-state index contributed by atoms with van der Waals surface area (Å²) in [6, 6.07) is 14.2. The maximum absolute atomic E-state index is 12.9. The number of amides is 2. The minimum atomic E-state index is -0.393. The molecule has 1 aliphatic rings. The Hall–Kier alpha value is -3.61. The number of rotatable bonds is 4. The average Bonchev–Trinajstić information content (AvgIpc) is 3.11. The molecule has 27 heavy (non-hydrogen) atoms. The van der Waals surface area contributed by atoms with Gasteiger partial charge >= 0.3 is 0 Å². The normalized spacial score (nSPS) is 13.9. The van der Waals surface area contributed by atoms with Crippen LogP contribution in [0.3, 0.4) is 0 Å². The zero-order chi connectivity index (χ0) is 18.8. The smallest absolute Gasteiger partial charge is 0.262 e. The van der Waals surface area contributed by atoms with Crippen LogP contribution in [0.1, 0.15) is 27.8 Å². The van der Waals surface area contributed by atoms with E-state index >= 15 is 0 Å². The molecule has 3 aromatic rings. The zero-order valence-corrected chi connectivity index (χ0v) is 14.7. The fourth-order valence-electron chi connectivity index (χ4n) is 3.03. The number of benzene rings is 2. The maximum atomic E-state index is 12.9. The van der Waals surface area contributed by atoms with E-state index in [4.69, 9.17) is 4.74 Å². The molecule has 0 saturated carbocycles. The first kappa shape index (κ1) is 16.8. The van der Waals surface area contributed by atoms with E-state index < -0.39 is 6.04 Å². The number of nitrogens with one attached hydrogen (secondary N) is 2. The van der Waals surface area contributed by atoms with Gasteiger partial charge in [-0.15, -0.1) is 0 Å². The molecule has 1 atom stereocenters. The molecule has 0 aliphatic carbocycles. The zero-order valence-electron chi connectivity index (χ0n) is 14.7. The quantitative estimate of drug-likeness (QED) is 0.746. The van der Waals surface area contributed by atoms with Crippen LogP contribution in [0.15, 0.2) is 60.9 Å². The maximum Gasteiger partial charge on any atom is 0.262 e. The Morgan fingerprint density at radius 1 is 1.26 bits per heavy atom. The van der Waals surface area contributed by atoms with Crippen molar-refractivity contribution in [3.63, 3.8) is 0 Å². The summed E-state index contributed by atoms with van der Waals surface area (Å²) >= 11 is 0. The van der Waals surface area contributed by atoms with Gasteiger partial charge in [-0.1, -0.05) is 30.3 Å². The van der Waals surface area contributed by atoms with Crippen molar-refractivity contribution in [1.82, 2.24) is 14.9 Å². The van der Waals surface area contributed by atoms with Crippen molar-refractivity contribution < 1.29 is 14.3 Å². The number of carbonyl (C=O) groups excluding carboxylic acids is 2. The van der Waals surface area contributed by atoms with Gasteiger partial charge in [0.25, 0.3) is 11.8 Å². The second-order valence-electron chi connectivity index (χ2n) is 6.26. The lowest BCUT2D eigenvalue weighted by atomic mass is 10.0. The summed E-state index contributed by atoms with van der Waals surface area (Å²) in [5.41, 5.74) is 1.94. The van der Waals surface area contributed by atoms with Crippen LogP contribution in [0.25, 0.3) is 0 Å². The van der Waals surface area contributed by atoms with Crippen LogP contribution in [0, 0.1) is 0 Å². The summed E-state index contributed by atoms with van der Waals surface area (Å²) in [5, 5.41) is 5.76. The molecule has 0 radical (unpaired) electrons. The van der Waals surface area contributed by atoms with E-state index in [1.807, 2.05) is 48.1 Å². The summed E-state index contributed by atoms with van der Waals surface area (Å²) in [5.74, 6) is 0.750. The molecule has 2 N–H and O–H groups in total. The van der Waals surface area contributed by atoms with Gasteiger partial charge in [0.05, 0.1) is 5.69 Å². The second kappa shape index (κ2) is 6.95. The van der Waals surface area contributed by atoms with Crippen LogP contribution < -0.4 is 15.4 Å². The highest BCUT2D eigenvalue weighted by Crippen LogP contribution is 2.29. The largest absolute Gasteiger partial charge is 0.482 e. The van der Waals surface area contributed by atoms with Gasteiger partial charge in [-0.3, -0.25) is 9.59 Å². The Labute approximate surface area is 156 Å². The van der Waals surface area contributed by atoms with Crippen molar-refractivity contribution in [3.05, 3.63) is 77.9 Å². The molecular formula is C20H18N4O3. The number of anilines is 1. The van der Waals surface area contributed by atoms with Crippen molar-refractivity contribution >= 4 is 17.5 Å². The number of hydrogen-bond acceptors (Lipinski definition) is 4. The van der Waals surface area contributed by atoms with E-state index in [-0.39, 0.29) is 18.4 Å². The van der Waals surface area contributed by atoms with E-state index in [2.05, 4.69) is 15.6 Å². The SMILES string of the molecule is Cn1ccnc1[C@H](NC(=O)c1ccc2c(c1)OCC(=O)N2)c1ccccc1. The van der Waals surface area contributed by atoms with Gasteiger partial charge in [-0.25, -0.2) is 4.98 Å². The lowest BCUT2D eigenvalue weighted by Crippen LogP contribution is -2.31. The molecule has 0 unspecified atom stereocenters. The number of nitrogens with zero attached hydrogens (tertiary/aromatic N) is 2. The molecule has 136 valence electrons. The Balaban J connectivity index is 1.63. The summed E-state index contributed by atoms with van der Waals surface area (Å²) < 4.78 is 7.28. The number of fused-ring (bicyclic) bond motifs is 1. The van der Waals surface area contributed by atoms with E-state index in [1.165, 1.54) is 0 Å². The van der Waals surface area contributed by atoms with Gasteiger partial charge in [-0.05, 0) is 23.8 Å². The third kappa shape index (κ3) is 3.39. The lowest BCUT2D eigenvalue weighted by molar-refractivity contribution is -0.118. The van der Waals surface area contributed by atoms with Gasteiger partial charge < -0.3 is 19.9 Å². The van der Waals surface area contributed by atoms with Crippen molar-refractivity contribution in [3.8, 4) is 5.75 Å². The minimum Gasteiger partial charge on any atom is -0.482 e. The molecule has 0 spiro atoms. The highest BCUT2D eigenvalue weighted by atomic mass is 16.5. The molecule has 0 bridgehead atoms. The van der Waals surface area contributed by atoms with Crippen LogP contribution in [0.4, 0.5) is 5.69 Å². The molecule has 1 aliphatic heterocycles. The molecule has 4 rings (SSSR count). The second-order valence-corrected chi connectivity index (χ2v) is 6.26. The molecule has 7 nitrogen and oxygen atoms in total. The van der Waals surface area contributed by atoms with Crippen molar-refractivity contribution in [1.29, 1.82) is 0 Å². The first-order chi connectivity index (χ1) is 13.1. The van der Waals surface area contributed by atoms with E-state index in [1.54, 1.807) is 24.4 Å². The summed E-state index contributed by atoms with van der Waals surface area (Å²) in [6.07, 6.45) is 3.54. The predicted molar refractivity (Wildman–Crippen MR) is 99.5 cm³/mol. The topological polar surface area (TPSA) is 85.2 Å². The number of imidazole rings is 1. The van der Waals surface area contributed by atoms with Gasteiger partial charge in [0, 0.05) is 25.0 Å². The van der Waals surface area contributed by atoms with Crippen LogP contribution >= 0.6 is 0 Å². The molecule has 2 amide bonds. The number of ether oxygens (including phenoxy) is 1. The monoisotopic (exact) mass is 362 g/mol. The highest BCUT2D eigenvalue weighted by molar-refractivity contribution is 5.99. The number of hydrogen-bond donors (Lipinski definition) is 2. The first-order valence-electron chi connectivity index (χ1n) is 8.51. The fourth-order valence-corrected chi connectivity index (χ4v) is 3.03. The predicted octanol–water partition coefficient (Wildman–Crippen LogP) is 2.27. The van der Waals surface area contributed by atoms with Gasteiger partial charge in [0.1, 0.15) is 17.6 Å². The number of carbonyl (C=O) groups is 2. The van der Waals surface area contributed by atoms with Gasteiger partial charge in [-0.2, -0.15) is 0 Å². The number of aromatic nitrogens is 2. The van der Waals surface area contributed by atoms with Crippen LogP contribution in [0.2, 0.25) is 0 Å². The van der Waals surface area contributed by atoms with Gasteiger partial charge in [0.15, 0.2) is 6.61 Å². The average molecular weight is 362 g/mol. The highest BCUT2D eigenvalue weighted by Gasteiger charge is 2.23.